The van der Waals surface area contributed by atoms with Crippen LogP contribution in [0.1, 0.15) is 12.8 Å². The molecule has 1 saturated heterocycles. The molecule has 3 heterocycles. The molecule has 0 aliphatic carbocycles. The Kier molecular flexibility index (Phi) is 5.70. The zero-order valence-electron chi connectivity index (χ0n) is 14.8. The van der Waals surface area contributed by atoms with Gasteiger partial charge in [-0.2, -0.15) is 0 Å². The van der Waals surface area contributed by atoms with Gasteiger partial charge in [0.05, 0.1) is 12.2 Å². The minimum atomic E-state index is -0.0437. The Morgan fingerprint density at radius 2 is 2.12 bits per heavy atom. The third-order valence-corrected chi connectivity index (χ3v) is 8.03. The third-order valence-electron chi connectivity index (χ3n) is 5.21. The van der Waals surface area contributed by atoms with Crippen molar-refractivity contribution in [2.24, 2.45) is 16.6 Å². The summed E-state index contributed by atoms with van der Waals surface area (Å²) in [5, 5.41) is 4.71. The van der Waals surface area contributed by atoms with Gasteiger partial charge in [0.25, 0.3) is 0 Å². The molecule has 0 aromatic carbocycles. The molecule has 0 saturated carbocycles. The van der Waals surface area contributed by atoms with Crippen LogP contribution in [0.15, 0.2) is 52.5 Å². The second kappa shape index (κ2) is 7.77. The first-order valence-corrected chi connectivity index (χ1v) is 10.5. The molecule has 3 rings (SSSR count). The van der Waals surface area contributed by atoms with E-state index in [1.807, 2.05) is 13.3 Å². The van der Waals surface area contributed by atoms with Crippen LogP contribution in [0.4, 0.5) is 0 Å². The second-order valence-electron chi connectivity index (χ2n) is 6.75. The van der Waals surface area contributed by atoms with Crippen LogP contribution in [-0.4, -0.2) is 56.3 Å². The van der Waals surface area contributed by atoms with Gasteiger partial charge < -0.3 is 10.6 Å². The van der Waals surface area contributed by atoms with Crippen LogP contribution in [0.25, 0.3) is 0 Å². The zero-order valence-corrected chi connectivity index (χ0v) is 15.7. The van der Waals surface area contributed by atoms with E-state index in [4.69, 9.17) is 10.7 Å². The fourth-order valence-electron chi connectivity index (χ4n) is 3.64. The second-order valence-corrected chi connectivity index (χ2v) is 9.30. The Hall–Kier alpha value is -1.22. The molecule has 4 nitrogen and oxygen atoms in total. The molecule has 3 aliphatic heterocycles. The molecule has 130 valence electrons. The number of allylic oxidation sites excluding steroid dienone is 3. The first kappa shape index (κ1) is 17.6. The van der Waals surface area contributed by atoms with Crippen molar-refractivity contribution in [2.45, 2.75) is 25.0 Å². The number of nitrogens with one attached hydrogen (secondary N) is 1. The number of hydrogen-bond donors (Lipinski definition) is 2. The summed E-state index contributed by atoms with van der Waals surface area (Å²) in [6.45, 7) is 5.07. The number of aliphatic imine (C=N–C) groups is 1. The lowest BCUT2D eigenvalue weighted by Gasteiger charge is -2.31. The van der Waals surface area contributed by atoms with E-state index in [0.717, 1.165) is 0 Å². The average molecular weight is 344 g/mol. The maximum atomic E-state index is 5.99. The van der Waals surface area contributed by atoms with E-state index in [2.05, 4.69) is 48.3 Å². The number of nitrogens with zero attached hydrogens (tertiary/aromatic N) is 2. The van der Waals surface area contributed by atoms with Crippen LogP contribution >= 0.6 is 7.92 Å². The number of nitrogens with two attached hydrogens (primary N) is 1. The SMILES string of the molecule is C=C(C1C=C(C2=CC(NC)N(C)C=C2)C=NC1CN)P1CCCC1. The molecule has 3 N–H and O–H groups in total. The van der Waals surface area contributed by atoms with Crippen molar-refractivity contribution in [1.29, 1.82) is 0 Å². The summed E-state index contributed by atoms with van der Waals surface area (Å²) < 4.78 is 0. The Bertz CT molecular complexity index is 598. The van der Waals surface area contributed by atoms with E-state index in [9.17, 15) is 0 Å². The van der Waals surface area contributed by atoms with Crippen molar-refractivity contribution in [3.8, 4) is 0 Å². The molecule has 3 aliphatic rings. The van der Waals surface area contributed by atoms with E-state index in [1.54, 1.807) is 0 Å². The highest BCUT2D eigenvalue weighted by Crippen LogP contribution is 2.54. The molecule has 0 aromatic heterocycles. The largest absolute Gasteiger partial charge is 0.362 e. The lowest BCUT2D eigenvalue weighted by atomic mass is 9.91. The summed E-state index contributed by atoms with van der Waals surface area (Å²) in [6.07, 6.45) is 16.5. The van der Waals surface area contributed by atoms with Gasteiger partial charge in [-0.1, -0.05) is 20.6 Å². The average Bonchev–Trinajstić information content (AvgIpc) is 3.15. The van der Waals surface area contributed by atoms with E-state index >= 15 is 0 Å². The van der Waals surface area contributed by atoms with Crippen LogP contribution in [0.5, 0.6) is 0 Å². The van der Waals surface area contributed by atoms with Crippen LogP contribution in [-0.2, 0) is 0 Å². The van der Waals surface area contributed by atoms with Crippen molar-refractivity contribution < 1.29 is 0 Å². The summed E-state index contributed by atoms with van der Waals surface area (Å²) >= 11 is 0. The van der Waals surface area contributed by atoms with Gasteiger partial charge in [0.1, 0.15) is 0 Å². The summed E-state index contributed by atoms with van der Waals surface area (Å²) in [7, 11) is 4.01. The van der Waals surface area contributed by atoms with Gasteiger partial charge in [-0.05, 0) is 60.8 Å². The smallest absolute Gasteiger partial charge is 0.0985 e. The molecule has 0 bridgehead atoms. The minimum absolute atomic E-state index is 0.0437. The molecular formula is C19H29N4P. The molecule has 0 radical (unpaired) electrons. The maximum absolute atomic E-state index is 5.99. The first-order chi connectivity index (χ1) is 11.6. The van der Waals surface area contributed by atoms with Gasteiger partial charge in [0.2, 0.25) is 0 Å². The van der Waals surface area contributed by atoms with E-state index < -0.39 is 0 Å². The third kappa shape index (κ3) is 3.56. The Labute approximate surface area is 147 Å². The predicted octanol–water partition coefficient (Wildman–Crippen LogP) is 2.66. The number of rotatable bonds is 5. The lowest BCUT2D eigenvalue weighted by molar-refractivity contribution is 0.341. The fourth-order valence-corrected chi connectivity index (χ4v) is 6.32. The predicted molar refractivity (Wildman–Crippen MR) is 106 cm³/mol. The molecule has 0 amide bonds. The topological polar surface area (TPSA) is 53.6 Å². The molecule has 0 spiro atoms. The van der Waals surface area contributed by atoms with Crippen molar-refractivity contribution in [3.63, 3.8) is 0 Å². The highest BCUT2D eigenvalue weighted by molar-refractivity contribution is 7.62. The Morgan fingerprint density at radius 3 is 2.79 bits per heavy atom. The number of likely N-dealkylation sites (N-methyl/N-ethyl adjacent to an activating group) is 2. The van der Waals surface area contributed by atoms with Crippen LogP contribution in [0.3, 0.4) is 0 Å². The van der Waals surface area contributed by atoms with Gasteiger partial charge in [-0.25, -0.2) is 0 Å². The Balaban J connectivity index is 1.84. The van der Waals surface area contributed by atoms with Crippen LogP contribution < -0.4 is 11.1 Å². The van der Waals surface area contributed by atoms with Gasteiger partial charge in [-0.15, -0.1) is 0 Å². The molecule has 3 unspecified atom stereocenters. The zero-order chi connectivity index (χ0) is 17.1. The van der Waals surface area contributed by atoms with Crippen molar-refractivity contribution in [1.82, 2.24) is 10.2 Å². The molecule has 24 heavy (non-hydrogen) atoms. The van der Waals surface area contributed by atoms with Crippen molar-refractivity contribution >= 4 is 14.1 Å². The van der Waals surface area contributed by atoms with E-state index in [0.29, 0.717) is 12.5 Å². The van der Waals surface area contributed by atoms with Gasteiger partial charge in [0.15, 0.2) is 0 Å². The standard InChI is InChI=1S/C19H29N4P/c1-14(24-8-4-5-9-24)17-10-16(13-22-18(17)12-20)15-6-7-23(3)19(11-15)21-2/h6-7,10-11,13,17-19,21H,1,4-5,8-9,12,20H2,2-3H3. The molecule has 5 heteroatoms. The molecular weight excluding hydrogens is 315 g/mol. The number of hydrogen-bond acceptors (Lipinski definition) is 4. The van der Waals surface area contributed by atoms with Crippen molar-refractivity contribution in [2.75, 3.05) is 33.0 Å². The molecule has 1 fully saturated rings. The quantitative estimate of drug-likeness (QED) is 0.754. The fraction of sp³-hybridized carbons (Fsp3) is 0.526. The summed E-state index contributed by atoms with van der Waals surface area (Å²) in [6, 6.07) is 0.153. The maximum Gasteiger partial charge on any atom is 0.0985 e. The number of dihydropyridines is 1. The Morgan fingerprint density at radius 1 is 1.38 bits per heavy atom. The highest BCUT2D eigenvalue weighted by Gasteiger charge is 2.30. The van der Waals surface area contributed by atoms with Gasteiger partial charge in [0, 0.05) is 31.9 Å². The van der Waals surface area contributed by atoms with Gasteiger partial charge in [-0.3, -0.25) is 10.3 Å². The monoisotopic (exact) mass is 344 g/mol. The normalized spacial score (nSPS) is 30.5. The van der Waals surface area contributed by atoms with Gasteiger partial charge >= 0.3 is 0 Å². The van der Waals surface area contributed by atoms with Crippen LogP contribution in [0, 0.1) is 5.92 Å². The summed E-state index contributed by atoms with van der Waals surface area (Å²) in [5.74, 6) is 0.293. The van der Waals surface area contributed by atoms with Crippen molar-refractivity contribution in [3.05, 3.63) is 47.5 Å². The van der Waals surface area contributed by atoms with Crippen LogP contribution in [0.2, 0.25) is 0 Å². The minimum Gasteiger partial charge on any atom is -0.362 e. The summed E-state index contributed by atoms with van der Waals surface area (Å²) in [4.78, 5) is 6.93. The highest BCUT2D eigenvalue weighted by atomic mass is 31.1. The first-order valence-electron chi connectivity index (χ1n) is 8.82. The molecule has 0 aromatic rings. The van der Waals surface area contributed by atoms with E-state index in [-0.39, 0.29) is 20.1 Å². The van der Waals surface area contributed by atoms with E-state index in [1.165, 1.54) is 41.6 Å². The molecule has 3 atom stereocenters. The summed E-state index contributed by atoms with van der Waals surface area (Å²) in [5.41, 5.74) is 8.42. The lowest BCUT2D eigenvalue weighted by Crippen LogP contribution is -2.38.